The molecule has 0 saturated carbocycles. The maximum atomic E-state index is 9.83. The van der Waals surface area contributed by atoms with Crippen molar-refractivity contribution in [2.45, 2.75) is 25.0 Å². The Morgan fingerprint density at radius 1 is 1.50 bits per heavy atom. The molecule has 0 fully saturated rings. The van der Waals surface area contributed by atoms with Crippen LogP contribution >= 0.6 is 0 Å². The molecule has 0 unspecified atom stereocenters. The molecule has 14 heavy (non-hydrogen) atoms. The number of ether oxygens (including phenoxy) is 1. The number of rotatable bonds is 1. The number of aryl methyl sites for hydroxylation is 1. The molecular formula is C11H15NO2. The molecule has 0 spiro atoms. The van der Waals surface area contributed by atoms with Crippen LogP contribution in [0, 0.1) is 0 Å². The Bertz CT molecular complexity index is 338. The zero-order valence-corrected chi connectivity index (χ0v) is 8.23. The van der Waals surface area contributed by atoms with Crippen LogP contribution in [0.2, 0.25) is 0 Å². The lowest BCUT2D eigenvalue weighted by Crippen LogP contribution is -2.32. The highest BCUT2D eigenvalue weighted by atomic mass is 16.5. The van der Waals surface area contributed by atoms with Crippen LogP contribution in [0.15, 0.2) is 18.2 Å². The molecule has 0 radical (unpaired) electrons. The van der Waals surface area contributed by atoms with Crippen LogP contribution in [-0.2, 0) is 6.42 Å². The second-order valence-electron chi connectivity index (χ2n) is 3.71. The van der Waals surface area contributed by atoms with Crippen LogP contribution in [-0.4, -0.2) is 18.3 Å². The van der Waals surface area contributed by atoms with Crippen molar-refractivity contribution in [2.75, 3.05) is 7.11 Å². The van der Waals surface area contributed by atoms with Gasteiger partial charge in [-0.15, -0.1) is 0 Å². The summed E-state index contributed by atoms with van der Waals surface area (Å²) in [5.74, 6) is 0.839. The lowest BCUT2D eigenvalue weighted by Gasteiger charge is -2.27. The zero-order chi connectivity index (χ0) is 10.1. The van der Waals surface area contributed by atoms with E-state index < -0.39 is 6.10 Å². The lowest BCUT2D eigenvalue weighted by atomic mass is 9.86. The Hall–Kier alpha value is -1.06. The van der Waals surface area contributed by atoms with Gasteiger partial charge in [0.1, 0.15) is 5.75 Å². The van der Waals surface area contributed by atoms with E-state index in [-0.39, 0.29) is 6.04 Å². The first-order valence-corrected chi connectivity index (χ1v) is 4.83. The summed E-state index contributed by atoms with van der Waals surface area (Å²) in [5, 5.41) is 9.83. The maximum Gasteiger partial charge on any atom is 0.119 e. The van der Waals surface area contributed by atoms with Gasteiger partial charge in [0.15, 0.2) is 0 Å². The molecule has 0 aliphatic heterocycles. The van der Waals surface area contributed by atoms with Crippen LogP contribution in [0.1, 0.15) is 23.7 Å². The SMILES string of the molecule is COc1ccc2c(c1)CC[C@@H](N)[C@H]2O. The molecule has 3 nitrogen and oxygen atoms in total. The Morgan fingerprint density at radius 2 is 2.29 bits per heavy atom. The fourth-order valence-electron chi connectivity index (χ4n) is 1.92. The fourth-order valence-corrected chi connectivity index (χ4v) is 1.92. The molecule has 0 saturated heterocycles. The third-order valence-corrected chi connectivity index (χ3v) is 2.82. The van der Waals surface area contributed by atoms with Gasteiger partial charge in [-0.25, -0.2) is 0 Å². The Kier molecular flexibility index (Phi) is 2.44. The summed E-state index contributed by atoms with van der Waals surface area (Å²) in [6.45, 7) is 0. The highest BCUT2D eigenvalue weighted by Crippen LogP contribution is 2.31. The molecule has 76 valence electrons. The third kappa shape index (κ3) is 1.49. The van der Waals surface area contributed by atoms with Crippen molar-refractivity contribution in [3.05, 3.63) is 29.3 Å². The van der Waals surface area contributed by atoms with Crippen LogP contribution < -0.4 is 10.5 Å². The van der Waals surface area contributed by atoms with Gasteiger partial charge in [-0.3, -0.25) is 0 Å². The first-order valence-electron chi connectivity index (χ1n) is 4.83. The third-order valence-electron chi connectivity index (χ3n) is 2.82. The zero-order valence-electron chi connectivity index (χ0n) is 8.23. The predicted octanol–water partition coefficient (Wildman–Crippen LogP) is 1.00. The number of aliphatic hydroxyl groups is 1. The molecule has 1 aliphatic rings. The summed E-state index contributed by atoms with van der Waals surface area (Å²) in [5.41, 5.74) is 7.88. The van der Waals surface area contributed by atoms with E-state index in [2.05, 4.69) is 0 Å². The van der Waals surface area contributed by atoms with E-state index in [0.29, 0.717) is 0 Å². The minimum absolute atomic E-state index is 0.129. The van der Waals surface area contributed by atoms with Crippen molar-refractivity contribution in [3.8, 4) is 5.75 Å². The number of fused-ring (bicyclic) bond motifs is 1. The summed E-state index contributed by atoms with van der Waals surface area (Å²) in [7, 11) is 1.65. The second kappa shape index (κ2) is 3.59. The molecule has 2 rings (SSSR count). The van der Waals surface area contributed by atoms with Crippen molar-refractivity contribution in [2.24, 2.45) is 5.73 Å². The van der Waals surface area contributed by atoms with Crippen LogP contribution in [0.3, 0.4) is 0 Å². The number of benzene rings is 1. The molecule has 3 heteroatoms. The highest BCUT2D eigenvalue weighted by molar-refractivity contribution is 5.39. The first kappa shape index (κ1) is 9.49. The van der Waals surface area contributed by atoms with Crippen LogP contribution in [0.4, 0.5) is 0 Å². The Morgan fingerprint density at radius 3 is 3.00 bits per heavy atom. The van der Waals surface area contributed by atoms with E-state index in [9.17, 15) is 5.11 Å². The van der Waals surface area contributed by atoms with E-state index in [1.165, 1.54) is 0 Å². The summed E-state index contributed by atoms with van der Waals surface area (Å²) in [6, 6.07) is 5.61. The van der Waals surface area contributed by atoms with Gasteiger partial charge >= 0.3 is 0 Å². The average molecular weight is 193 g/mol. The molecule has 1 aliphatic carbocycles. The second-order valence-corrected chi connectivity index (χ2v) is 3.71. The van der Waals surface area contributed by atoms with Gasteiger partial charge in [-0.05, 0) is 36.1 Å². The highest BCUT2D eigenvalue weighted by Gasteiger charge is 2.24. The molecule has 0 heterocycles. The first-order chi connectivity index (χ1) is 6.72. The molecule has 0 bridgehead atoms. The largest absolute Gasteiger partial charge is 0.497 e. The smallest absolute Gasteiger partial charge is 0.119 e. The van der Waals surface area contributed by atoms with Gasteiger partial charge in [0.25, 0.3) is 0 Å². The minimum atomic E-state index is -0.523. The van der Waals surface area contributed by atoms with Crippen molar-refractivity contribution in [3.63, 3.8) is 0 Å². The van der Waals surface area contributed by atoms with Crippen molar-refractivity contribution < 1.29 is 9.84 Å². The van der Waals surface area contributed by atoms with Gasteiger partial charge in [-0.1, -0.05) is 6.07 Å². The molecule has 0 amide bonds. The fraction of sp³-hybridized carbons (Fsp3) is 0.455. The van der Waals surface area contributed by atoms with Gasteiger partial charge in [-0.2, -0.15) is 0 Å². The van der Waals surface area contributed by atoms with Crippen molar-refractivity contribution in [1.29, 1.82) is 0 Å². The van der Waals surface area contributed by atoms with Crippen LogP contribution in [0.5, 0.6) is 5.75 Å². The number of hydrogen-bond acceptors (Lipinski definition) is 3. The normalized spacial score (nSPS) is 25.6. The Balaban J connectivity index is 2.38. The van der Waals surface area contributed by atoms with E-state index >= 15 is 0 Å². The molecule has 1 aromatic rings. The average Bonchev–Trinajstić information content (AvgIpc) is 2.23. The minimum Gasteiger partial charge on any atom is -0.497 e. The monoisotopic (exact) mass is 193 g/mol. The number of nitrogens with two attached hydrogens (primary N) is 1. The summed E-state index contributed by atoms with van der Waals surface area (Å²) >= 11 is 0. The predicted molar refractivity (Wildman–Crippen MR) is 54.3 cm³/mol. The van der Waals surface area contributed by atoms with Gasteiger partial charge < -0.3 is 15.6 Å². The van der Waals surface area contributed by atoms with Gasteiger partial charge in [0.05, 0.1) is 13.2 Å². The summed E-state index contributed by atoms with van der Waals surface area (Å²) in [4.78, 5) is 0. The summed E-state index contributed by atoms with van der Waals surface area (Å²) in [6.07, 6.45) is 1.23. The number of methoxy groups -OCH3 is 1. The molecule has 1 aromatic carbocycles. The van der Waals surface area contributed by atoms with E-state index in [1.807, 2.05) is 18.2 Å². The molecule has 3 N–H and O–H groups in total. The summed E-state index contributed by atoms with van der Waals surface area (Å²) < 4.78 is 5.13. The van der Waals surface area contributed by atoms with Gasteiger partial charge in [0.2, 0.25) is 0 Å². The standard InChI is InChI=1S/C11H15NO2/c1-14-8-3-4-9-7(6-8)2-5-10(12)11(9)13/h3-4,6,10-11,13H,2,5,12H2,1H3/t10-,11+/m1/s1. The molecule has 2 atom stereocenters. The van der Waals surface area contributed by atoms with Crippen molar-refractivity contribution in [1.82, 2.24) is 0 Å². The Labute approximate surface area is 83.5 Å². The lowest BCUT2D eigenvalue weighted by molar-refractivity contribution is 0.133. The number of aliphatic hydroxyl groups excluding tert-OH is 1. The van der Waals surface area contributed by atoms with Gasteiger partial charge in [0, 0.05) is 6.04 Å². The van der Waals surface area contributed by atoms with Crippen LogP contribution in [0.25, 0.3) is 0 Å². The van der Waals surface area contributed by atoms with E-state index in [0.717, 1.165) is 29.7 Å². The maximum absolute atomic E-state index is 9.83. The molecule has 0 aromatic heterocycles. The van der Waals surface area contributed by atoms with E-state index in [4.69, 9.17) is 10.5 Å². The molecular weight excluding hydrogens is 178 g/mol. The number of hydrogen-bond donors (Lipinski definition) is 2. The van der Waals surface area contributed by atoms with E-state index in [1.54, 1.807) is 7.11 Å². The topological polar surface area (TPSA) is 55.5 Å². The quantitative estimate of drug-likeness (QED) is 0.699. The van der Waals surface area contributed by atoms with Crippen molar-refractivity contribution >= 4 is 0 Å².